The summed E-state index contributed by atoms with van der Waals surface area (Å²) < 4.78 is 7.26. The van der Waals surface area contributed by atoms with Crippen LogP contribution in [0.3, 0.4) is 0 Å². The number of pyridine rings is 1. The van der Waals surface area contributed by atoms with Crippen molar-refractivity contribution in [2.75, 3.05) is 0 Å². The van der Waals surface area contributed by atoms with Gasteiger partial charge in [-0.05, 0) is 13.0 Å². The normalized spacial score (nSPS) is 10.7. The lowest BCUT2D eigenvalue weighted by Gasteiger charge is -2.09. The quantitative estimate of drug-likeness (QED) is 0.779. The van der Waals surface area contributed by atoms with Gasteiger partial charge in [0.2, 0.25) is 5.76 Å². The Labute approximate surface area is 133 Å². The Morgan fingerprint density at radius 2 is 2.26 bits per heavy atom. The van der Waals surface area contributed by atoms with Gasteiger partial charge in [0.25, 0.3) is 5.91 Å². The number of nitrogens with zero attached hydrogens (tertiary/aromatic N) is 4. The minimum absolute atomic E-state index is 0.259. The van der Waals surface area contributed by atoms with Gasteiger partial charge >= 0.3 is 0 Å². The largest absolute Gasteiger partial charge is 0.435 e. The third-order valence-electron chi connectivity index (χ3n) is 3.41. The van der Waals surface area contributed by atoms with Crippen LogP contribution in [0.25, 0.3) is 5.82 Å². The van der Waals surface area contributed by atoms with Crippen molar-refractivity contribution >= 4 is 5.91 Å². The fourth-order valence-corrected chi connectivity index (χ4v) is 2.26. The summed E-state index contributed by atoms with van der Waals surface area (Å²) in [5, 5.41) is 2.85. The molecule has 7 nitrogen and oxygen atoms in total. The molecule has 3 aromatic rings. The standard InChI is InChI=1S/C16H17N5O2/c1-3-13-20-11(2)14(23-13)16(22)19-9-12-5-4-6-18-15(12)21-8-7-17-10-21/h4-8,10H,3,9H2,1-2H3,(H,19,22). The number of hydrogen-bond acceptors (Lipinski definition) is 5. The average Bonchev–Trinajstić information content (AvgIpc) is 3.22. The molecular formula is C16H17N5O2. The van der Waals surface area contributed by atoms with E-state index in [0.29, 0.717) is 24.6 Å². The maximum absolute atomic E-state index is 12.3. The van der Waals surface area contributed by atoms with Gasteiger partial charge in [0, 0.05) is 37.1 Å². The molecule has 0 aliphatic carbocycles. The molecule has 1 amide bonds. The van der Waals surface area contributed by atoms with Gasteiger partial charge in [-0.3, -0.25) is 9.36 Å². The van der Waals surface area contributed by atoms with E-state index in [-0.39, 0.29) is 11.7 Å². The molecule has 23 heavy (non-hydrogen) atoms. The number of aromatic nitrogens is 4. The molecule has 0 bridgehead atoms. The molecule has 0 aliphatic rings. The highest BCUT2D eigenvalue weighted by Gasteiger charge is 2.17. The van der Waals surface area contributed by atoms with E-state index in [1.807, 2.05) is 25.3 Å². The van der Waals surface area contributed by atoms with Crippen LogP contribution in [0.15, 0.2) is 41.5 Å². The maximum Gasteiger partial charge on any atom is 0.289 e. The Morgan fingerprint density at radius 1 is 1.39 bits per heavy atom. The number of nitrogens with one attached hydrogen (secondary N) is 1. The van der Waals surface area contributed by atoms with Gasteiger partial charge in [0.05, 0.1) is 5.69 Å². The number of rotatable bonds is 5. The number of carbonyl (C=O) groups is 1. The molecular weight excluding hydrogens is 294 g/mol. The van der Waals surface area contributed by atoms with Crippen molar-refractivity contribution in [3.8, 4) is 5.82 Å². The predicted molar refractivity (Wildman–Crippen MR) is 83.1 cm³/mol. The van der Waals surface area contributed by atoms with Crippen molar-refractivity contribution in [2.45, 2.75) is 26.8 Å². The van der Waals surface area contributed by atoms with Crippen LogP contribution < -0.4 is 5.32 Å². The highest BCUT2D eigenvalue weighted by atomic mass is 16.4. The van der Waals surface area contributed by atoms with Crippen LogP contribution in [-0.2, 0) is 13.0 Å². The van der Waals surface area contributed by atoms with Gasteiger partial charge in [-0.2, -0.15) is 0 Å². The summed E-state index contributed by atoms with van der Waals surface area (Å²) in [5.74, 6) is 1.27. The minimum atomic E-state index is -0.282. The van der Waals surface area contributed by atoms with E-state index in [1.165, 1.54) is 0 Å². The Bertz CT molecular complexity index is 808. The monoisotopic (exact) mass is 311 g/mol. The van der Waals surface area contributed by atoms with Gasteiger partial charge in [-0.15, -0.1) is 0 Å². The topological polar surface area (TPSA) is 85.8 Å². The Kier molecular flexibility index (Phi) is 4.18. The van der Waals surface area contributed by atoms with Crippen LogP contribution in [0.5, 0.6) is 0 Å². The van der Waals surface area contributed by atoms with Crippen molar-refractivity contribution in [1.82, 2.24) is 24.8 Å². The second-order valence-electron chi connectivity index (χ2n) is 5.01. The maximum atomic E-state index is 12.3. The summed E-state index contributed by atoms with van der Waals surface area (Å²) in [6, 6.07) is 3.74. The van der Waals surface area contributed by atoms with Gasteiger partial charge in [-0.1, -0.05) is 13.0 Å². The van der Waals surface area contributed by atoms with E-state index in [2.05, 4.69) is 20.3 Å². The number of amides is 1. The van der Waals surface area contributed by atoms with Gasteiger partial charge in [-0.25, -0.2) is 15.0 Å². The zero-order valence-corrected chi connectivity index (χ0v) is 13.0. The van der Waals surface area contributed by atoms with Crippen molar-refractivity contribution in [3.63, 3.8) is 0 Å². The molecule has 0 aromatic carbocycles. The molecule has 0 atom stereocenters. The lowest BCUT2D eigenvalue weighted by molar-refractivity contribution is 0.0920. The molecule has 3 aromatic heterocycles. The van der Waals surface area contributed by atoms with Crippen molar-refractivity contribution in [2.24, 2.45) is 0 Å². The summed E-state index contributed by atoms with van der Waals surface area (Å²) in [6.45, 7) is 4.03. The molecule has 0 saturated carbocycles. The summed E-state index contributed by atoms with van der Waals surface area (Å²) in [7, 11) is 0. The highest BCUT2D eigenvalue weighted by molar-refractivity contribution is 5.92. The Balaban J connectivity index is 1.76. The third kappa shape index (κ3) is 3.13. The second kappa shape index (κ2) is 6.43. The smallest absolute Gasteiger partial charge is 0.289 e. The zero-order valence-electron chi connectivity index (χ0n) is 13.0. The molecule has 118 valence electrons. The number of hydrogen-bond donors (Lipinski definition) is 1. The first-order chi connectivity index (χ1) is 11.2. The summed E-state index contributed by atoms with van der Waals surface area (Å²) in [4.78, 5) is 24.9. The molecule has 3 rings (SSSR count). The Hall–Kier alpha value is -2.96. The summed E-state index contributed by atoms with van der Waals surface area (Å²) >= 11 is 0. The molecule has 0 fully saturated rings. The van der Waals surface area contributed by atoms with Crippen LogP contribution >= 0.6 is 0 Å². The fraction of sp³-hybridized carbons (Fsp3) is 0.250. The second-order valence-corrected chi connectivity index (χ2v) is 5.01. The van der Waals surface area contributed by atoms with Gasteiger partial charge in [0.15, 0.2) is 5.89 Å². The van der Waals surface area contributed by atoms with Crippen LogP contribution in [0.2, 0.25) is 0 Å². The van der Waals surface area contributed by atoms with Crippen LogP contribution in [0.1, 0.15) is 34.6 Å². The van der Waals surface area contributed by atoms with Crippen LogP contribution in [0, 0.1) is 6.92 Å². The van der Waals surface area contributed by atoms with E-state index in [1.54, 1.807) is 30.2 Å². The fourth-order valence-electron chi connectivity index (χ4n) is 2.26. The first-order valence-corrected chi connectivity index (χ1v) is 7.35. The zero-order chi connectivity index (χ0) is 16.2. The number of oxazole rings is 1. The highest BCUT2D eigenvalue weighted by Crippen LogP contribution is 2.13. The Morgan fingerprint density at radius 3 is 2.96 bits per heavy atom. The molecule has 0 radical (unpaired) electrons. The molecule has 7 heteroatoms. The SMILES string of the molecule is CCc1nc(C)c(C(=O)NCc2cccnc2-n2ccnc2)o1. The summed E-state index contributed by atoms with van der Waals surface area (Å²) in [6.07, 6.45) is 7.51. The molecule has 3 heterocycles. The molecule has 0 saturated heterocycles. The average molecular weight is 311 g/mol. The van der Waals surface area contributed by atoms with E-state index in [9.17, 15) is 4.79 Å². The van der Waals surface area contributed by atoms with Crippen molar-refractivity contribution in [1.29, 1.82) is 0 Å². The molecule has 0 aliphatic heterocycles. The van der Waals surface area contributed by atoms with Crippen molar-refractivity contribution < 1.29 is 9.21 Å². The van der Waals surface area contributed by atoms with E-state index >= 15 is 0 Å². The van der Waals surface area contributed by atoms with Crippen LogP contribution in [0.4, 0.5) is 0 Å². The lowest BCUT2D eigenvalue weighted by Crippen LogP contribution is -2.24. The van der Waals surface area contributed by atoms with E-state index < -0.39 is 0 Å². The number of aryl methyl sites for hydroxylation is 2. The lowest BCUT2D eigenvalue weighted by atomic mass is 10.2. The molecule has 1 N–H and O–H groups in total. The third-order valence-corrected chi connectivity index (χ3v) is 3.41. The van der Waals surface area contributed by atoms with E-state index in [4.69, 9.17) is 4.42 Å². The number of carbonyl (C=O) groups excluding carboxylic acids is 1. The van der Waals surface area contributed by atoms with E-state index in [0.717, 1.165) is 11.4 Å². The number of imidazole rings is 1. The van der Waals surface area contributed by atoms with Crippen molar-refractivity contribution in [3.05, 3.63) is 60.0 Å². The minimum Gasteiger partial charge on any atom is -0.435 e. The summed E-state index contributed by atoms with van der Waals surface area (Å²) in [5.41, 5.74) is 1.48. The van der Waals surface area contributed by atoms with Crippen LogP contribution in [-0.4, -0.2) is 25.4 Å². The first-order valence-electron chi connectivity index (χ1n) is 7.35. The van der Waals surface area contributed by atoms with Gasteiger partial charge < -0.3 is 9.73 Å². The van der Waals surface area contributed by atoms with Gasteiger partial charge in [0.1, 0.15) is 12.1 Å². The molecule has 0 spiro atoms. The predicted octanol–water partition coefficient (Wildman–Crippen LogP) is 2.06. The first kappa shape index (κ1) is 15.0. The molecule has 0 unspecified atom stereocenters.